The Hall–Kier alpha value is -2.49. The molecule has 1 aromatic carbocycles. The largest absolute Gasteiger partial charge is 0.497 e. The minimum Gasteiger partial charge on any atom is -0.497 e. The molecule has 1 aliphatic rings. The molecule has 1 aliphatic heterocycles. The van der Waals surface area contributed by atoms with Gasteiger partial charge in [0.25, 0.3) is 5.91 Å². The molecule has 3 aromatic rings. The lowest BCUT2D eigenvalue weighted by atomic mass is 10.2. The Morgan fingerprint density at radius 1 is 1.33 bits per heavy atom. The monoisotopic (exact) mass is 429 g/mol. The van der Waals surface area contributed by atoms with Crippen molar-refractivity contribution in [1.82, 2.24) is 19.7 Å². The fourth-order valence-corrected chi connectivity index (χ4v) is 4.70. The highest BCUT2D eigenvalue weighted by Crippen LogP contribution is 2.32. The number of aromatic nitrogens is 3. The summed E-state index contributed by atoms with van der Waals surface area (Å²) in [6.07, 6.45) is 2.59. The van der Waals surface area contributed by atoms with Crippen molar-refractivity contribution in [2.75, 3.05) is 51.4 Å². The zero-order valence-electron chi connectivity index (χ0n) is 17.6. The molecule has 1 saturated heterocycles. The molecule has 0 N–H and O–H groups in total. The summed E-state index contributed by atoms with van der Waals surface area (Å²) >= 11 is 1.51. The Balaban J connectivity index is 1.60. The number of hydrogen-bond donors (Lipinski definition) is 0. The van der Waals surface area contributed by atoms with E-state index in [9.17, 15) is 4.79 Å². The van der Waals surface area contributed by atoms with Crippen LogP contribution in [0.1, 0.15) is 22.5 Å². The topological polar surface area (TPSA) is 72.7 Å². The van der Waals surface area contributed by atoms with Crippen LogP contribution >= 0.6 is 11.3 Å². The van der Waals surface area contributed by atoms with E-state index in [-0.39, 0.29) is 5.91 Å². The molecule has 1 fully saturated rings. The first kappa shape index (κ1) is 20.8. The molecule has 8 nitrogen and oxygen atoms in total. The van der Waals surface area contributed by atoms with E-state index in [0.29, 0.717) is 17.4 Å². The van der Waals surface area contributed by atoms with E-state index in [4.69, 9.17) is 14.5 Å². The lowest BCUT2D eigenvalue weighted by Crippen LogP contribution is -2.39. The number of morpholine rings is 1. The number of carbonyl (C=O) groups excluding carboxylic acids is 1. The van der Waals surface area contributed by atoms with Gasteiger partial charge in [0.2, 0.25) is 0 Å². The van der Waals surface area contributed by atoms with E-state index in [2.05, 4.69) is 10.00 Å². The summed E-state index contributed by atoms with van der Waals surface area (Å²) in [7, 11) is 3.45. The molecule has 0 atom stereocenters. The first-order chi connectivity index (χ1) is 14.6. The van der Waals surface area contributed by atoms with Gasteiger partial charge in [0.05, 0.1) is 36.7 Å². The highest BCUT2D eigenvalue weighted by Gasteiger charge is 2.25. The summed E-state index contributed by atoms with van der Waals surface area (Å²) < 4.78 is 13.4. The average molecular weight is 430 g/mol. The van der Waals surface area contributed by atoms with Gasteiger partial charge in [-0.05, 0) is 37.1 Å². The molecule has 9 heteroatoms. The molecule has 0 bridgehead atoms. The van der Waals surface area contributed by atoms with Crippen LogP contribution in [0.4, 0.5) is 5.13 Å². The molecule has 3 heterocycles. The van der Waals surface area contributed by atoms with Crippen molar-refractivity contribution in [3.05, 3.63) is 35.7 Å². The van der Waals surface area contributed by atoms with Crippen molar-refractivity contribution >= 4 is 32.6 Å². The van der Waals surface area contributed by atoms with Crippen LogP contribution in [0.15, 0.2) is 24.4 Å². The Morgan fingerprint density at radius 2 is 2.13 bits per heavy atom. The molecule has 160 valence electrons. The predicted octanol–water partition coefficient (Wildman–Crippen LogP) is 2.72. The highest BCUT2D eigenvalue weighted by molar-refractivity contribution is 7.22. The first-order valence-corrected chi connectivity index (χ1v) is 10.9. The number of thiazole rings is 1. The number of anilines is 1. The minimum atomic E-state index is -0.0690. The zero-order chi connectivity index (χ0) is 21.1. The van der Waals surface area contributed by atoms with Gasteiger partial charge in [0.1, 0.15) is 11.4 Å². The molecule has 0 spiro atoms. The number of hydrogen-bond acceptors (Lipinski definition) is 7. The fraction of sp³-hybridized carbons (Fsp3) is 0.476. The number of methoxy groups -OCH3 is 1. The molecule has 30 heavy (non-hydrogen) atoms. The summed E-state index contributed by atoms with van der Waals surface area (Å²) in [4.78, 5) is 22.4. The van der Waals surface area contributed by atoms with Crippen LogP contribution in [0.3, 0.4) is 0 Å². The van der Waals surface area contributed by atoms with Crippen LogP contribution in [0.5, 0.6) is 5.75 Å². The predicted molar refractivity (Wildman–Crippen MR) is 118 cm³/mol. The van der Waals surface area contributed by atoms with Crippen LogP contribution in [0.2, 0.25) is 0 Å². The van der Waals surface area contributed by atoms with Gasteiger partial charge in [-0.2, -0.15) is 5.10 Å². The van der Waals surface area contributed by atoms with E-state index in [1.54, 1.807) is 29.9 Å². The zero-order valence-corrected chi connectivity index (χ0v) is 18.4. The number of carbonyl (C=O) groups is 1. The Morgan fingerprint density at radius 3 is 2.83 bits per heavy atom. The molecular weight excluding hydrogens is 402 g/mol. The Kier molecular flexibility index (Phi) is 6.31. The second-order valence-electron chi connectivity index (χ2n) is 7.39. The van der Waals surface area contributed by atoms with Gasteiger partial charge in [0, 0.05) is 33.2 Å². The summed E-state index contributed by atoms with van der Waals surface area (Å²) in [5.41, 5.74) is 2.32. The maximum absolute atomic E-state index is 13.5. The molecule has 2 aromatic heterocycles. The first-order valence-electron chi connectivity index (χ1n) is 10.1. The van der Waals surface area contributed by atoms with Crippen molar-refractivity contribution in [3.63, 3.8) is 0 Å². The van der Waals surface area contributed by atoms with Crippen LogP contribution in [-0.4, -0.2) is 72.1 Å². The molecule has 0 radical (unpaired) electrons. The minimum absolute atomic E-state index is 0.0690. The lowest BCUT2D eigenvalue weighted by molar-refractivity contribution is 0.0376. The second kappa shape index (κ2) is 9.11. The van der Waals surface area contributed by atoms with Gasteiger partial charge >= 0.3 is 0 Å². The van der Waals surface area contributed by atoms with Gasteiger partial charge < -0.3 is 9.47 Å². The fourth-order valence-electron chi connectivity index (χ4n) is 3.68. The molecule has 4 rings (SSSR count). The molecule has 0 saturated carbocycles. The third-order valence-electron chi connectivity index (χ3n) is 5.34. The second-order valence-corrected chi connectivity index (χ2v) is 8.40. The summed E-state index contributed by atoms with van der Waals surface area (Å²) in [5, 5.41) is 4.95. The number of fused-ring (bicyclic) bond motifs is 1. The normalized spacial score (nSPS) is 14.9. The van der Waals surface area contributed by atoms with E-state index >= 15 is 0 Å². The van der Waals surface area contributed by atoms with Gasteiger partial charge in [-0.3, -0.25) is 19.3 Å². The van der Waals surface area contributed by atoms with E-state index in [1.807, 2.05) is 25.1 Å². The summed E-state index contributed by atoms with van der Waals surface area (Å²) in [6.45, 7) is 6.86. The number of nitrogens with zero attached hydrogens (tertiary/aromatic N) is 5. The van der Waals surface area contributed by atoms with Crippen molar-refractivity contribution in [1.29, 1.82) is 0 Å². The van der Waals surface area contributed by atoms with Crippen molar-refractivity contribution < 1.29 is 14.3 Å². The number of amides is 1. The number of rotatable bonds is 7. The quantitative estimate of drug-likeness (QED) is 0.575. The third kappa shape index (κ3) is 4.33. The Labute approximate surface area is 180 Å². The van der Waals surface area contributed by atoms with Crippen molar-refractivity contribution in [2.24, 2.45) is 7.05 Å². The van der Waals surface area contributed by atoms with E-state index in [0.717, 1.165) is 60.8 Å². The lowest BCUT2D eigenvalue weighted by Gasteiger charge is -2.27. The molecule has 0 unspecified atom stereocenters. The average Bonchev–Trinajstić information content (AvgIpc) is 3.33. The van der Waals surface area contributed by atoms with Gasteiger partial charge in [-0.25, -0.2) is 4.98 Å². The SMILES string of the molecule is COc1ccc2nc(N(CCCN3CCOCC3)C(=O)c3c(C)cnn3C)sc2c1. The van der Waals surface area contributed by atoms with E-state index in [1.165, 1.54) is 11.3 Å². The standard InChI is InChI=1S/C21H27N5O3S/c1-15-14-22-24(2)19(15)20(27)26(8-4-7-25-9-11-29-12-10-25)21-23-17-6-5-16(28-3)13-18(17)30-21/h5-6,13-14H,4,7-12H2,1-3H3. The van der Waals surface area contributed by atoms with Gasteiger partial charge in [-0.1, -0.05) is 11.3 Å². The van der Waals surface area contributed by atoms with Crippen molar-refractivity contribution in [2.45, 2.75) is 13.3 Å². The summed E-state index contributed by atoms with van der Waals surface area (Å²) in [5.74, 6) is 0.714. The van der Waals surface area contributed by atoms with E-state index < -0.39 is 0 Å². The van der Waals surface area contributed by atoms with Crippen LogP contribution in [-0.2, 0) is 11.8 Å². The van der Waals surface area contributed by atoms with Gasteiger partial charge in [0.15, 0.2) is 5.13 Å². The third-order valence-corrected chi connectivity index (χ3v) is 6.39. The van der Waals surface area contributed by atoms with Crippen LogP contribution in [0, 0.1) is 6.92 Å². The molecule has 1 amide bonds. The smallest absolute Gasteiger partial charge is 0.278 e. The number of ether oxygens (including phenoxy) is 2. The van der Waals surface area contributed by atoms with Gasteiger partial charge in [-0.15, -0.1) is 0 Å². The number of benzene rings is 1. The van der Waals surface area contributed by atoms with Crippen molar-refractivity contribution in [3.8, 4) is 5.75 Å². The highest BCUT2D eigenvalue weighted by atomic mass is 32.1. The van der Waals surface area contributed by atoms with Crippen LogP contribution in [0.25, 0.3) is 10.2 Å². The maximum atomic E-state index is 13.5. The molecule has 0 aliphatic carbocycles. The molecular formula is C21H27N5O3S. The van der Waals surface area contributed by atoms with Crippen LogP contribution < -0.4 is 9.64 Å². The number of aryl methyl sites for hydroxylation is 2. The Bertz CT molecular complexity index is 1010. The summed E-state index contributed by atoms with van der Waals surface area (Å²) in [6, 6.07) is 5.78. The maximum Gasteiger partial charge on any atom is 0.278 e.